The SMILES string of the molecule is CC(=O)O.FC(F)(F)c1cc(-c2ccccc2)nn1CCOc1cc2c(cc1Cl)CCC2. The number of carboxylic acids is 1. The van der Waals surface area contributed by atoms with Crippen LogP contribution in [0.15, 0.2) is 48.5 Å². The number of carboxylic acid groups (broad SMARTS) is 1. The van der Waals surface area contributed by atoms with Gasteiger partial charge in [0.1, 0.15) is 18.1 Å². The molecule has 0 radical (unpaired) electrons. The molecule has 1 N–H and O–H groups in total. The van der Waals surface area contributed by atoms with Crippen LogP contribution in [0.5, 0.6) is 5.75 Å². The highest BCUT2D eigenvalue weighted by atomic mass is 35.5. The van der Waals surface area contributed by atoms with E-state index in [0.29, 0.717) is 16.3 Å². The van der Waals surface area contributed by atoms with Crippen molar-refractivity contribution in [2.24, 2.45) is 0 Å². The summed E-state index contributed by atoms with van der Waals surface area (Å²) < 4.78 is 46.9. The van der Waals surface area contributed by atoms with Gasteiger partial charge in [-0.2, -0.15) is 18.3 Å². The van der Waals surface area contributed by atoms with Crippen LogP contribution in [0.25, 0.3) is 11.3 Å². The summed E-state index contributed by atoms with van der Waals surface area (Å²) in [6, 6.07) is 13.6. The first-order valence-electron chi connectivity index (χ1n) is 9.99. The number of alkyl halides is 3. The molecule has 170 valence electrons. The van der Waals surface area contributed by atoms with Crippen LogP contribution in [0.4, 0.5) is 13.2 Å². The van der Waals surface area contributed by atoms with Crippen LogP contribution in [-0.4, -0.2) is 27.5 Å². The Morgan fingerprint density at radius 2 is 1.78 bits per heavy atom. The average molecular weight is 467 g/mol. The summed E-state index contributed by atoms with van der Waals surface area (Å²) in [5, 5.41) is 12.0. The van der Waals surface area contributed by atoms with Crippen molar-refractivity contribution in [1.82, 2.24) is 9.78 Å². The van der Waals surface area contributed by atoms with Gasteiger partial charge in [-0.15, -0.1) is 0 Å². The van der Waals surface area contributed by atoms with E-state index in [4.69, 9.17) is 26.2 Å². The third-order valence-electron chi connectivity index (χ3n) is 4.85. The molecule has 2 aromatic carbocycles. The average Bonchev–Trinajstić information content (AvgIpc) is 3.35. The van der Waals surface area contributed by atoms with Gasteiger partial charge < -0.3 is 9.84 Å². The Balaban J connectivity index is 0.000000668. The highest BCUT2D eigenvalue weighted by molar-refractivity contribution is 6.32. The smallest absolute Gasteiger partial charge is 0.433 e. The molecule has 9 heteroatoms. The zero-order valence-corrected chi connectivity index (χ0v) is 18.1. The van der Waals surface area contributed by atoms with Gasteiger partial charge in [0.15, 0.2) is 0 Å². The number of hydrogen-bond donors (Lipinski definition) is 1. The van der Waals surface area contributed by atoms with Crippen LogP contribution >= 0.6 is 11.6 Å². The molecular formula is C23H22ClF3N2O3. The summed E-state index contributed by atoms with van der Waals surface area (Å²) in [5.74, 6) is -0.327. The van der Waals surface area contributed by atoms with E-state index in [2.05, 4.69) is 5.10 Å². The molecule has 0 atom stereocenters. The maximum absolute atomic E-state index is 13.4. The minimum absolute atomic E-state index is 0.0326. The normalized spacial score (nSPS) is 12.7. The van der Waals surface area contributed by atoms with E-state index in [1.54, 1.807) is 30.3 Å². The topological polar surface area (TPSA) is 64.3 Å². The fourth-order valence-corrected chi connectivity index (χ4v) is 3.73. The number of rotatable bonds is 5. The molecule has 0 saturated heterocycles. The van der Waals surface area contributed by atoms with Crippen molar-refractivity contribution in [2.75, 3.05) is 6.61 Å². The van der Waals surface area contributed by atoms with E-state index in [0.717, 1.165) is 36.9 Å². The minimum atomic E-state index is -4.49. The van der Waals surface area contributed by atoms with E-state index >= 15 is 0 Å². The zero-order valence-electron chi connectivity index (χ0n) is 17.3. The van der Waals surface area contributed by atoms with Gasteiger partial charge in [-0.1, -0.05) is 41.9 Å². The molecule has 4 rings (SSSR count). The van der Waals surface area contributed by atoms with Crippen LogP contribution in [0.3, 0.4) is 0 Å². The lowest BCUT2D eigenvalue weighted by Gasteiger charge is -2.13. The second-order valence-corrected chi connectivity index (χ2v) is 7.68. The molecule has 3 aromatic rings. The lowest BCUT2D eigenvalue weighted by Crippen LogP contribution is -2.18. The van der Waals surface area contributed by atoms with E-state index < -0.39 is 17.8 Å². The number of nitrogens with zero attached hydrogens (tertiary/aromatic N) is 2. The molecule has 0 spiro atoms. The van der Waals surface area contributed by atoms with Gasteiger partial charge in [0.2, 0.25) is 0 Å². The molecule has 0 amide bonds. The molecule has 1 aliphatic carbocycles. The van der Waals surface area contributed by atoms with Crippen molar-refractivity contribution < 1.29 is 27.8 Å². The first-order valence-corrected chi connectivity index (χ1v) is 10.4. The van der Waals surface area contributed by atoms with Crippen LogP contribution in [-0.2, 0) is 30.4 Å². The first-order chi connectivity index (χ1) is 15.1. The number of ether oxygens (including phenoxy) is 1. The predicted molar refractivity (Wildman–Crippen MR) is 115 cm³/mol. The van der Waals surface area contributed by atoms with Crippen LogP contribution in [0, 0.1) is 0 Å². The Morgan fingerprint density at radius 3 is 2.41 bits per heavy atom. The van der Waals surface area contributed by atoms with Gasteiger partial charge in [-0.25, -0.2) is 0 Å². The van der Waals surface area contributed by atoms with Gasteiger partial charge in [0.25, 0.3) is 5.97 Å². The van der Waals surface area contributed by atoms with Gasteiger partial charge >= 0.3 is 6.18 Å². The van der Waals surface area contributed by atoms with Crippen molar-refractivity contribution in [3.63, 3.8) is 0 Å². The van der Waals surface area contributed by atoms with Crippen molar-refractivity contribution in [3.8, 4) is 17.0 Å². The maximum atomic E-state index is 13.4. The van der Waals surface area contributed by atoms with Crippen LogP contribution < -0.4 is 4.74 Å². The lowest BCUT2D eigenvalue weighted by molar-refractivity contribution is -0.144. The number of halogens is 4. The standard InChI is InChI=1S/C21H18ClF3N2O.C2H4O2/c22-17-11-15-7-4-8-16(15)12-19(17)28-10-9-27-20(21(23,24)25)13-18(26-27)14-5-2-1-3-6-14;1-2(3)4/h1-3,5-6,11-13H,4,7-10H2;1H3,(H,3,4). The van der Waals surface area contributed by atoms with E-state index in [9.17, 15) is 13.2 Å². The maximum Gasteiger partial charge on any atom is 0.433 e. The minimum Gasteiger partial charge on any atom is -0.490 e. The molecule has 32 heavy (non-hydrogen) atoms. The van der Waals surface area contributed by atoms with E-state index in [1.165, 1.54) is 11.1 Å². The monoisotopic (exact) mass is 466 g/mol. The Morgan fingerprint density at radius 1 is 1.16 bits per heavy atom. The Kier molecular flexibility index (Phi) is 7.45. The molecular weight excluding hydrogens is 445 g/mol. The highest BCUT2D eigenvalue weighted by Crippen LogP contribution is 2.34. The zero-order chi connectivity index (χ0) is 23.3. The summed E-state index contributed by atoms with van der Waals surface area (Å²) >= 11 is 6.25. The molecule has 1 heterocycles. The highest BCUT2D eigenvalue weighted by Gasteiger charge is 2.36. The number of carbonyl (C=O) groups is 1. The van der Waals surface area contributed by atoms with Crippen LogP contribution in [0.1, 0.15) is 30.2 Å². The summed E-state index contributed by atoms with van der Waals surface area (Å²) in [7, 11) is 0. The second kappa shape index (κ2) is 10.1. The van der Waals surface area contributed by atoms with Gasteiger partial charge in [-0.3, -0.25) is 9.48 Å². The molecule has 0 unspecified atom stereocenters. The predicted octanol–water partition coefficient (Wildman–Crippen LogP) is 5.88. The number of hydrogen-bond acceptors (Lipinski definition) is 3. The van der Waals surface area contributed by atoms with E-state index in [1.807, 2.05) is 12.1 Å². The third kappa shape index (κ3) is 6.03. The molecule has 0 saturated carbocycles. The van der Waals surface area contributed by atoms with Crippen molar-refractivity contribution in [2.45, 2.75) is 38.9 Å². The van der Waals surface area contributed by atoms with Crippen LogP contribution in [0.2, 0.25) is 5.02 Å². The number of aryl methyl sites for hydroxylation is 2. The summed E-state index contributed by atoms with van der Waals surface area (Å²) in [6.45, 7) is 1.09. The third-order valence-corrected chi connectivity index (χ3v) is 5.14. The molecule has 0 bridgehead atoms. The molecule has 1 aliphatic rings. The quantitative estimate of drug-likeness (QED) is 0.510. The summed E-state index contributed by atoms with van der Waals surface area (Å²) in [5.41, 5.74) is 2.53. The summed E-state index contributed by atoms with van der Waals surface area (Å²) in [4.78, 5) is 9.00. The summed E-state index contributed by atoms with van der Waals surface area (Å²) in [6.07, 6.45) is -1.44. The largest absolute Gasteiger partial charge is 0.490 e. The van der Waals surface area contributed by atoms with Gasteiger partial charge in [0.05, 0.1) is 17.3 Å². The number of fused-ring (bicyclic) bond motifs is 1. The number of aromatic nitrogens is 2. The lowest BCUT2D eigenvalue weighted by atomic mass is 10.1. The number of aliphatic carboxylic acids is 1. The van der Waals surface area contributed by atoms with Crippen molar-refractivity contribution in [1.29, 1.82) is 0 Å². The Hall–Kier alpha value is -3.00. The molecule has 5 nitrogen and oxygen atoms in total. The Labute approximate surface area is 188 Å². The van der Waals surface area contributed by atoms with Crippen molar-refractivity contribution >= 4 is 17.6 Å². The molecule has 0 fully saturated rings. The number of benzene rings is 2. The first kappa shape index (κ1) is 23.7. The molecule has 1 aromatic heterocycles. The van der Waals surface area contributed by atoms with Gasteiger partial charge in [-0.05, 0) is 48.6 Å². The second-order valence-electron chi connectivity index (χ2n) is 7.27. The van der Waals surface area contributed by atoms with E-state index in [-0.39, 0.29) is 18.8 Å². The fraction of sp³-hybridized carbons (Fsp3) is 0.304. The Bertz CT molecular complexity index is 1080. The van der Waals surface area contributed by atoms with Crippen molar-refractivity contribution in [3.05, 3.63) is 70.4 Å². The molecule has 0 aliphatic heterocycles. The van der Waals surface area contributed by atoms with Gasteiger partial charge in [0, 0.05) is 12.5 Å². The fourth-order valence-electron chi connectivity index (χ4n) is 3.49.